The third-order valence-electron chi connectivity index (χ3n) is 1.82. The van der Waals surface area contributed by atoms with Gasteiger partial charge in [-0.15, -0.1) is 0 Å². The molecule has 0 aromatic heterocycles. The highest BCUT2D eigenvalue weighted by molar-refractivity contribution is 5.80. The van der Waals surface area contributed by atoms with Gasteiger partial charge in [0.15, 0.2) is 0 Å². The van der Waals surface area contributed by atoms with Crippen molar-refractivity contribution in [1.29, 1.82) is 0 Å². The van der Waals surface area contributed by atoms with Gasteiger partial charge in [-0.1, -0.05) is 18.2 Å². The van der Waals surface area contributed by atoms with Gasteiger partial charge in [0.2, 0.25) is 0 Å². The van der Waals surface area contributed by atoms with Crippen molar-refractivity contribution < 1.29 is 14.3 Å². The predicted molar refractivity (Wildman–Crippen MR) is 59.7 cm³/mol. The SMILES string of the molecule is CCOC(=O)CNC(N)=O.c1cc2cc-2c1. The molecule has 0 atom stereocenters. The summed E-state index contributed by atoms with van der Waals surface area (Å²) in [4.78, 5) is 20.5. The number of rotatable bonds is 3. The fourth-order valence-corrected chi connectivity index (χ4v) is 1.05. The van der Waals surface area contributed by atoms with Crippen molar-refractivity contribution >= 4 is 12.0 Å². The van der Waals surface area contributed by atoms with Gasteiger partial charge in [0.1, 0.15) is 6.54 Å². The number of hydrogen-bond acceptors (Lipinski definition) is 3. The van der Waals surface area contributed by atoms with Crippen molar-refractivity contribution in [3.8, 4) is 11.1 Å². The summed E-state index contributed by atoms with van der Waals surface area (Å²) in [5, 5.41) is 2.09. The Labute approximate surface area is 93.6 Å². The maximum atomic E-state index is 10.5. The number of fused-ring (bicyclic) bond motifs is 1. The Bertz CT molecular complexity index is 373. The van der Waals surface area contributed by atoms with Crippen LogP contribution in [0.2, 0.25) is 0 Å². The standard InChI is InChI=1S/C6H4.C5H10N2O3/c1-2-5-4-6(5)3-1;1-2-10-4(8)3-7-5(6)9/h1-4H;2-3H2,1H3,(H3,6,7,9). The number of carbonyl (C=O) groups excluding carboxylic acids is 2. The molecule has 5 heteroatoms. The Morgan fingerprint density at radius 2 is 2.00 bits per heavy atom. The zero-order valence-corrected chi connectivity index (χ0v) is 9.03. The third-order valence-corrected chi connectivity index (χ3v) is 1.82. The van der Waals surface area contributed by atoms with Gasteiger partial charge in [-0.2, -0.15) is 0 Å². The first kappa shape index (κ1) is 12.0. The van der Waals surface area contributed by atoms with Gasteiger partial charge in [0, 0.05) is 0 Å². The largest absolute Gasteiger partial charge is 0.465 e. The van der Waals surface area contributed by atoms with Gasteiger partial charge < -0.3 is 15.8 Å². The molecule has 0 heterocycles. The minimum absolute atomic E-state index is 0.164. The number of ether oxygens (including phenoxy) is 1. The van der Waals surface area contributed by atoms with Gasteiger partial charge in [0.05, 0.1) is 6.61 Å². The second-order valence-corrected chi connectivity index (χ2v) is 3.10. The lowest BCUT2D eigenvalue weighted by atomic mass is 10.6. The van der Waals surface area contributed by atoms with E-state index in [2.05, 4.69) is 40.1 Å². The molecule has 0 saturated carbocycles. The first-order valence-electron chi connectivity index (χ1n) is 4.93. The number of amides is 2. The number of benzene rings is 1. The number of nitrogens with one attached hydrogen (secondary N) is 1. The van der Waals surface area contributed by atoms with E-state index in [0.29, 0.717) is 6.61 Å². The molecule has 2 rings (SSSR count). The van der Waals surface area contributed by atoms with Crippen molar-refractivity contribution in [3.05, 3.63) is 24.3 Å². The Hall–Kier alpha value is -2.04. The Balaban J connectivity index is 0.000000176. The van der Waals surface area contributed by atoms with Crippen LogP contribution in [-0.4, -0.2) is 25.2 Å². The predicted octanol–water partition coefficient (Wildman–Crippen LogP) is 0.885. The highest BCUT2D eigenvalue weighted by atomic mass is 16.5. The molecule has 0 aromatic carbocycles. The summed E-state index contributed by atoms with van der Waals surface area (Å²) in [6.45, 7) is 1.82. The van der Waals surface area contributed by atoms with Crippen LogP contribution in [-0.2, 0) is 9.53 Å². The van der Waals surface area contributed by atoms with Gasteiger partial charge >= 0.3 is 12.0 Å². The van der Waals surface area contributed by atoms with Crippen LogP contribution >= 0.6 is 0 Å². The summed E-state index contributed by atoms with van der Waals surface area (Å²) in [6, 6.07) is 7.75. The molecule has 3 N–H and O–H groups in total. The minimum Gasteiger partial charge on any atom is -0.465 e. The number of carbonyl (C=O) groups is 2. The van der Waals surface area contributed by atoms with E-state index in [1.54, 1.807) is 6.92 Å². The van der Waals surface area contributed by atoms with Crippen LogP contribution in [0.3, 0.4) is 0 Å². The second kappa shape index (κ2) is 5.75. The van der Waals surface area contributed by atoms with E-state index in [0.717, 1.165) is 0 Å². The third kappa shape index (κ3) is 4.45. The molecule has 5 nitrogen and oxygen atoms in total. The average Bonchev–Trinajstić information content (AvgIpc) is 2.84. The lowest BCUT2D eigenvalue weighted by Crippen LogP contribution is -2.34. The molecule has 2 aliphatic carbocycles. The van der Waals surface area contributed by atoms with Crippen molar-refractivity contribution in [2.45, 2.75) is 6.92 Å². The molecule has 2 aliphatic rings. The molecule has 0 aliphatic heterocycles. The van der Waals surface area contributed by atoms with Gasteiger partial charge in [-0.3, -0.25) is 4.79 Å². The summed E-state index contributed by atoms with van der Waals surface area (Å²) in [7, 11) is 0. The molecule has 86 valence electrons. The van der Waals surface area contributed by atoms with Crippen molar-refractivity contribution in [3.63, 3.8) is 0 Å². The fraction of sp³-hybridized carbons (Fsp3) is 0.273. The topological polar surface area (TPSA) is 81.4 Å². The number of hydrogen-bond donors (Lipinski definition) is 2. The van der Waals surface area contributed by atoms with E-state index < -0.39 is 12.0 Å². The van der Waals surface area contributed by atoms with Crippen LogP contribution in [0.15, 0.2) is 24.3 Å². The lowest BCUT2D eigenvalue weighted by Gasteiger charge is -2.00. The number of esters is 1. The molecule has 0 saturated heterocycles. The van der Waals surface area contributed by atoms with Crippen molar-refractivity contribution in [2.75, 3.05) is 13.2 Å². The van der Waals surface area contributed by atoms with Crippen LogP contribution in [0, 0.1) is 0 Å². The molecule has 0 bridgehead atoms. The Morgan fingerprint density at radius 1 is 1.38 bits per heavy atom. The van der Waals surface area contributed by atoms with Crippen LogP contribution in [0.25, 0.3) is 11.1 Å². The second-order valence-electron chi connectivity index (χ2n) is 3.10. The molecular formula is C11H14N2O3. The van der Waals surface area contributed by atoms with E-state index >= 15 is 0 Å². The molecule has 2 amide bonds. The molecule has 0 radical (unpaired) electrons. The molecule has 16 heavy (non-hydrogen) atoms. The lowest BCUT2D eigenvalue weighted by molar-refractivity contribution is -0.141. The summed E-state index contributed by atoms with van der Waals surface area (Å²) in [5.41, 5.74) is 7.53. The highest BCUT2D eigenvalue weighted by Crippen LogP contribution is 2.32. The average molecular weight is 222 g/mol. The first-order valence-corrected chi connectivity index (χ1v) is 4.93. The van der Waals surface area contributed by atoms with E-state index in [-0.39, 0.29) is 6.54 Å². The summed E-state index contributed by atoms with van der Waals surface area (Å²) in [5.74, 6) is -0.485. The maximum absolute atomic E-state index is 10.5. The fourth-order valence-electron chi connectivity index (χ4n) is 1.05. The Kier molecular flexibility index (Phi) is 4.32. The van der Waals surface area contributed by atoms with Gasteiger partial charge in [-0.05, 0) is 24.1 Å². The van der Waals surface area contributed by atoms with E-state index in [4.69, 9.17) is 0 Å². The van der Waals surface area contributed by atoms with Crippen molar-refractivity contribution in [1.82, 2.24) is 5.32 Å². The van der Waals surface area contributed by atoms with Crippen LogP contribution < -0.4 is 11.1 Å². The maximum Gasteiger partial charge on any atom is 0.325 e. The van der Waals surface area contributed by atoms with Crippen molar-refractivity contribution in [2.24, 2.45) is 5.73 Å². The Morgan fingerprint density at radius 3 is 2.31 bits per heavy atom. The molecule has 0 aromatic rings. The van der Waals surface area contributed by atoms with Gasteiger partial charge in [0.25, 0.3) is 0 Å². The number of urea groups is 1. The van der Waals surface area contributed by atoms with Crippen LogP contribution in [0.5, 0.6) is 0 Å². The van der Waals surface area contributed by atoms with E-state index in [1.807, 2.05) is 0 Å². The molecule has 0 spiro atoms. The van der Waals surface area contributed by atoms with E-state index in [9.17, 15) is 9.59 Å². The smallest absolute Gasteiger partial charge is 0.325 e. The van der Waals surface area contributed by atoms with Crippen LogP contribution in [0.4, 0.5) is 4.79 Å². The highest BCUT2D eigenvalue weighted by Gasteiger charge is 2.07. The molecular weight excluding hydrogens is 208 g/mol. The monoisotopic (exact) mass is 222 g/mol. The first-order chi connectivity index (χ1) is 7.63. The molecule has 0 fully saturated rings. The zero-order chi connectivity index (χ0) is 12.0. The summed E-state index contributed by atoms with van der Waals surface area (Å²) >= 11 is 0. The van der Waals surface area contributed by atoms with Gasteiger partial charge in [-0.25, -0.2) is 4.79 Å². The number of nitrogens with two attached hydrogens (primary N) is 1. The van der Waals surface area contributed by atoms with E-state index in [1.165, 1.54) is 11.1 Å². The number of primary amides is 1. The summed E-state index contributed by atoms with van der Waals surface area (Å²) in [6.07, 6.45) is 0. The zero-order valence-electron chi connectivity index (χ0n) is 9.03. The normalized spacial score (nSPS) is 9.56. The summed E-state index contributed by atoms with van der Waals surface area (Å²) < 4.78 is 4.48. The minimum atomic E-state index is -0.729. The van der Waals surface area contributed by atoms with Crippen LogP contribution in [0.1, 0.15) is 6.92 Å². The molecule has 0 unspecified atom stereocenters. The quantitative estimate of drug-likeness (QED) is 0.756.